The zero-order chi connectivity index (χ0) is 11.1. The Hall–Kier alpha value is -1.44. The summed E-state index contributed by atoms with van der Waals surface area (Å²) in [6, 6.07) is 5.86. The van der Waals surface area contributed by atoms with Gasteiger partial charge in [0.25, 0.3) is 0 Å². The van der Waals surface area contributed by atoms with Gasteiger partial charge >= 0.3 is 0 Å². The van der Waals surface area contributed by atoms with Crippen LogP contribution in [-0.4, -0.2) is 12.0 Å². The molecule has 0 N–H and O–H groups in total. The van der Waals surface area contributed by atoms with Crippen molar-refractivity contribution in [3.05, 3.63) is 29.3 Å². The lowest BCUT2D eigenvalue weighted by Crippen LogP contribution is -2.15. The molecule has 0 aromatic heterocycles. The normalized spacial score (nSPS) is 15.3. The number of para-hydroxylation sites is 1. The van der Waals surface area contributed by atoms with Crippen molar-refractivity contribution < 1.29 is 4.79 Å². The smallest absolute Gasteiger partial charge is 0.170 e. The van der Waals surface area contributed by atoms with E-state index < -0.39 is 0 Å². The van der Waals surface area contributed by atoms with Crippen molar-refractivity contribution in [3.8, 4) is 0 Å². The first-order valence-electron chi connectivity index (χ1n) is 5.19. The zero-order valence-corrected chi connectivity index (χ0v) is 9.37. The number of carbonyl (C=O) groups is 1. The topological polar surface area (TPSA) is 29.4 Å². The summed E-state index contributed by atoms with van der Waals surface area (Å²) in [6.45, 7) is 6.41. The van der Waals surface area contributed by atoms with Crippen molar-refractivity contribution in [1.82, 2.24) is 0 Å². The minimum atomic E-state index is 0.0281. The van der Waals surface area contributed by atoms with Gasteiger partial charge in [-0.05, 0) is 17.0 Å². The highest BCUT2D eigenvalue weighted by Crippen LogP contribution is 2.35. The Morgan fingerprint density at radius 3 is 2.67 bits per heavy atom. The third-order valence-corrected chi connectivity index (χ3v) is 2.64. The highest BCUT2D eigenvalue weighted by Gasteiger charge is 2.23. The lowest BCUT2D eigenvalue weighted by molar-refractivity contribution is 0.100. The summed E-state index contributed by atoms with van der Waals surface area (Å²) in [5.41, 5.74) is 2.80. The Balaban J connectivity index is 2.66. The third kappa shape index (κ3) is 1.72. The van der Waals surface area contributed by atoms with E-state index in [1.807, 2.05) is 12.1 Å². The van der Waals surface area contributed by atoms with Gasteiger partial charge in [-0.25, -0.2) is 0 Å². The predicted molar refractivity (Wildman–Crippen MR) is 62.2 cm³/mol. The molecule has 0 spiro atoms. The Labute approximate surface area is 90.0 Å². The highest BCUT2D eigenvalue weighted by molar-refractivity contribution is 6.10. The van der Waals surface area contributed by atoms with E-state index in [2.05, 4.69) is 31.8 Å². The van der Waals surface area contributed by atoms with Crippen LogP contribution in [0.2, 0.25) is 0 Å². The number of benzene rings is 1. The predicted octanol–water partition coefficient (Wildman–Crippen LogP) is 3.27. The van der Waals surface area contributed by atoms with Gasteiger partial charge in [0.2, 0.25) is 0 Å². The average molecular weight is 201 g/mol. The van der Waals surface area contributed by atoms with Crippen molar-refractivity contribution in [2.45, 2.75) is 32.6 Å². The van der Waals surface area contributed by atoms with Crippen molar-refractivity contribution in [3.63, 3.8) is 0 Å². The van der Waals surface area contributed by atoms with E-state index >= 15 is 0 Å². The maximum absolute atomic E-state index is 11.7. The van der Waals surface area contributed by atoms with Crippen LogP contribution >= 0.6 is 0 Å². The summed E-state index contributed by atoms with van der Waals surface area (Å²) in [6.07, 6.45) is 2.14. The molecule has 15 heavy (non-hydrogen) atoms. The zero-order valence-electron chi connectivity index (χ0n) is 9.37. The second-order valence-electron chi connectivity index (χ2n) is 4.89. The molecule has 0 radical (unpaired) electrons. The summed E-state index contributed by atoms with van der Waals surface area (Å²) < 4.78 is 0. The van der Waals surface area contributed by atoms with Crippen LogP contribution in [0, 0.1) is 0 Å². The van der Waals surface area contributed by atoms with Gasteiger partial charge in [-0.2, -0.15) is 0 Å². The van der Waals surface area contributed by atoms with Crippen LogP contribution in [-0.2, 0) is 5.41 Å². The molecule has 0 bridgehead atoms. The highest BCUT2D eigenvalue weighted by atomic mass is 16.1. The monoisotopic (exact) mass is 201 g/mol. The Kier molecular flexibility index (Phi) is 2.22. The maximum atomic E-state index is 11.7. The number of aliphatic imine (C=N–C) groups is 1. The molecule has 0 unspecified atom stereocenters. The van der Waals surface area contributed by atoms with Gasteiger partial charge in [0.05, 0.1) is 5.69 Å². The molecule has 78 valence electrons. The standard InChI is InChI=1S/C13H15NO/c1-13(2,3)10-6-4-5-9-11(15)7-8-14-12(9)10/h4-6,8H,7H2,1-3H3. The van der Waals surface area contributed by atoms with E-state index in [0.29, 0.717) is 6.42 Å². The first-order valence-corrected chi connectivity index (χ1v) is 5.19. The largest absolute Gasteiger partial charge is 0.294 e. The van der Waals surface area contributed by atoms with Gasteiger partial charge in [-0.15, -0.1) is 0 Å². The number of carbonyl (C=O) groups excluding carboxylic acids is 1. The van der Waals surface area contributed by atoms with Crippen LogP contribution in [0.3, 0.4) is 0 Å². The fourth-order valence-electron chi connectivity index (χ4n) is 1.84. The van der Waals surface area contributed by atoms with Crippen molar-refractivity contribution >= 4 is 17.7 Å². The van der Waals surface area contributed by atoms with Crippen LogP contribution in [0.25, 0.3) is 0 Å². The van der Waals surface area contributed by atoms with Crippen LogP contribution in [0.4, 0.5) is 5.69 Å². The second kappa shape index (κ2) is 3.30. The molecule has 0 fully saturated rings. The minimum absolute atomic E-state index is 0.0281. The Bertz CT molecular complexity index is 438. The molecule has 2 nitrogen and oxygen atoms in total. The second-order valence-corrected chi connectivity index (χ2v) is 4.89. The summed E-state index contributed by atoms with van der Waals surface area (Å²) in [7, 11) is 0. The van der Waals surface area contributed by atoms with E-state index in [4.69, 9.17) is 0 Å². The molecule has 1 aromatic rings. The van der Waals surface area contributed by atoms with Gasteiger partial charge in [0, 0.05) is 18.2 Å². The molecule has 0 saturated heterocycles. The lowest BCUT2D eigenvalue weighted by atomic mass is 9.83. The summed E-state index contributed by atoms with van der Waals surface area (Å²) in [4.78, 5) is 16.0. The number of nitrogens with zero attached hydrogens (tertiary/aromatic N) is 1. The Morgan fingerprint density at radius 2 is 2.00 bits per heavy atom. The molecule has 2 heteroatoms. The average Bonchev–Trinajstić information content (AvgIpc) is 2.16. The molecule has 1 aromatic carbocycles. The van der Waals surface area contributed by atoms with E-state index in [9.17, 15) is 4.79 Å². The fraction of sp³-hybridized carbons (Fsp3) is 0.385. The van der Waals surface area contributed by atoms with Gasteiger partial charge in [-0.3, -0.25) is 9.79 Å². The van der Waals surface area contributed by atoms with E-state index in [-0.39, 0.29) is 11.2 Å². The first-order chi connectivity index (χ1) is 7.00. The van der Waals surface area contributed by atoms with Gasteiger partial charge < -0.3 is 0 Å². The van der Waals surface area contributed by atoms with Gasteiger partial charge in [0.15, 0.2) is 5.78 Å². The van der Waals surface area contributed by atoms with Crippen molar-refractivity contribution in [2.75, 3.05) is 0 Å². The van der Waals surface area contributed by atoms with Crippen molar-refractivity contribution in [2.24, 2.45) is 4.99 Å². The molecule has 0 atom stereocenters. The molecule has 1 aliphatic rings. The number of ketones is 1. The van der Waals surface area contributed by atoms with Crippen LogP contribution < -0.4 is 0 Å². The molecule has 0 aliphatic carbocycles. The maximum Gasteiger partial charge on any atom is 0.170 e. The minimum Gasteiger partial charge on any atom is -0.294 e. The van der Waals surface area contributed by atoms with Crippen LogP contribution in [0.5, 0.6) is 0 Å². The van der Waals surface area contributed by atoms with E-state index in [0.717, 1.165) is 16.8 Å². The molecule has 2 rings (SSSR count). The third-order valence-electron chi connectivity index (χ3n) is 2.64. The SMILES string of the molecule is CC(C)(C)c1cccc2c1N=CCC2=O. The molecule has 1 heterocycles. The molecule has 0 saturated carbocycles. The quantitative estimate of drug-likeness (QED) is 0.633. The van der Waals surface area contributed by atoms with Crippen LogP contribution in [0.1, 0.15) is 43.1 Å². The number of fused-ring (bicyclic) bond motifs is 1. The fourth-order valence-corrected chi connectivity index (χ4v) is 1.84. The van der Waals surface area contributed by atoms with Crippen LogP contribution in [0.15, 0.2) is 23.2 Å². The number of hydrogen-bond donors (Lipinski definition) is 0. The van der Waals surface area contributed by atoms with E-state index in [1.54, 1.807) is 6.21 Å². The molecule has 1 aliphatic heterocycles. The number of Topliss-reactive ketones (excluding diaryl/α,β-unsaturated/α-hetero) is 1. The Morgan fingerprint density at radius 1 is 1.27 bits per heavy atom. The molecule has 0 amide bonds. The van der Waals surface area contributed by atoms with E-state index in [1.165, 1.54) is 0 Å². The summed E-state index contributed by atoms with van der Waals surface area (Å²) in [5, 5.41) is 0. The lowest BCUT2D eigenvalue weighted by Gasteiger charge is -2.23. The number of hydrogen-bond acceptors (Lipinski definition) is 2. The first kappa shape index (κ1) is 10.1. The summed E-state index contributed by atoms with van der Waals surface area (Å²) in [5.74, 6) is 0.172. The van der Waals surface area contributed by atoms with Gasteiger partial charge in [-0.1, -0.05) is 32.9 Å². The van der Waals surface area contributed by atoms with Crippen molar-refractivity contribution in [1.29, 1.82) is 0 Å². The molecular weight excluding hydrogens is 186 g/mol. The summed E-state index contributed by atoms with van der Waals surface area (Å²) >= 11 is 0. The number of rotatable bonds is 0. The van der Waals surface area contributed by atoms with Gasteiger partial charge in [0.1, 0.15) is 0 Å². The molecular formula is C13H15NO.